The summed E-state index contributed by atoms with van der Waals surface area (Å²) >= 11 is 3.42. The first kappa shape index (κ1) is 15.5. The van der Waals surface area contributed by atoms with Crippen LogP contribution in [0.4, 0.5) is 5.69 Å². The highest BCUT2D eigenvalue weighted by molar-refractivity contribution is 9.10. The van der Waals surface area contributed by atoms with Crippen molar-refractivity contribution in [1.29, 1.82) is 0 Å². The van der Waals surface area contributed by atoms with Crippen LogP contribution in [0.25, 0.3) is 0 Å². The number of anilines is 1. The maximum atomic E-state index is 12.1. The van der Waals surface area contributed by atoms with Crippen molar-refractivity contribution in [2.24, 2.45) is 5.92 Å². The van der Waals surface area contributed by atoms with Gasteiger partial charge in [-0.2, -0.15) is 5.10 Å². The van der Waals surface area contributed by atoms with E-state index in [4.69, 9.17) is 0 Å². The van der Waals surface area contributed by atoms with Gasteiger partial charge >= 0.3 is 0 Å². The minimum Gasteiger partial charge on any atom is -0.380 e. The quantitative estimate of drug-likeness (QED) is 0.885. The summed E-state index contributed by atoms with van der Waals surface area (Å²) < 4.78 is 2.07. The summed E-state index contributed by atoms with van der Waals surface area (Å²) in [5.41, 5.74) is 0.771. The van der Waals surface area contributed by atoms with Gasteiger partial charge in [0.2, 0.25) is 0 Å². The lowest BCUT2D eigenvalue weighted by Gasteiger charge is -2.31. The van der Waals surface area contributed by atoms with Crippen molar-refractivity contribution in [3.8, 4) is 0 Å². The summed E-state index contributed by atoms with van der Waals surface area (Å²) in [5.74, 6) is 0.717. The molecule has 0 amide bonds. The van der Waals surface area contributed by atoms with Crippen molar-refractivity contribution in [2.75, 3.05) is 5.32 Å². The van der Waals surface area contributed by atoms with Gasteiger partial charge in [-0.1, -0.05) is 26.2 Å². The maximum absolute atomic E-state index is 12.1. The average molecular weight is 342 g/mol. The molecule has 2 rings (SSSR count). The SMILES string of the molecule is CCC(Nc1cnn(CC)c(=O)c1Br)C1CCCCC1. The number of aromatic nitrogens is 2. The van der Waals surface area contributed by atoms with Crippen molar-refractivity contribution in [3.05, 3.63) is 21.0 Å². The van der Waals surface area contributed by atoms with Gasteiger partial charge in [0.05, 0.1) is 11.9 Å². The third-order valence-electron chi connectivity index (χ3n) is 4.28. The van der Waals surface area contributed by atoms with Gasteiger partial charge in [0.1, 0.15) is 4.47 Å². The molecule has 0 radical (unpaired) electrons. The summed E-state index contributed by atoms with van der Waals surface area (Å²) in [6.45, 7) is 4.73. The first-order valence-corrected chi connectivity index (χ1v) is 8.48. The molecule has 1 fully saturated rings. The Morgan fingerprint density at radius 1 is 1.40 bits per heavy atom. The van der Waals surface area contributed by atoms with Gasteiger partial charge in [-0.3, -0.25) is 4.79 Å². The van der Waals surface area contributed by atoms with Crippen LogP contribution in [0.1, 0.15) is 52.4 Å². The van der Waals surface area contributed by atoms with Crippen LogP contribution in [-0.4, -0.2) is 15.8 Å². The van der Waals surface area contributed by atoms with Crippen molar-refractivity contribution in [1.82, 2.24) is 9.78 Å². The Balaban J connectivity index is 2.15. The van der Waals surface area contributed by atoms with E-state index in [1.165, 1.54) is 36.8 Å². The molecular weight excluding hydrogens is 318 g/mol. The second-order valence-corrected chi connectivity index (χ2v) is 6.34. The summed E-state index contributed by atoms with van der Waals surface area (Å²) in [5, 5.41) is 7.74. The van der Waals surface area contributed by atoms with Crippen LogP contribution in [0.2, 0.25) is 0 Å². The Morgan fingerprint density at radius 3 is 2.70 bits per heavy atom. The number of nitrogens with one attached hydrogen (secondary N) is 1. The minimum absolute atomic E-state index is 0.0593. The Morgan fingerprint density at radius 2 is 2.10 bits per heavy atom. The van der Waals surface area contributed by atoms with Crippen LogP contribution in [0, 0.1) is 5.92 Å². The second kappa shape index (κ2) is 7.25. The first-order chi connectivity index (χ1) is 9.67. The van der Waals surface area contributed by atoms with Gasteiger partial charge in [0.25, 0.3) is 5.56 Å². The zero-order chi connectivity index (χ0) is 14.5. The smallest absolute Gasteiger partial charge is 0.283 e. The summed E-state index contributed by atoms with van der Waals surface area (Å²) in [4.78, 5) is 12.1. The fourth-order valence-electron chi connectivity index (χ4n) is 3.08. The number of aryl methyl sites for hydroxylation is 1. The van der Waals surface area contributed by atoms with E-state index in [1.807, 2.05) is 6.92 Å². The molecule has 5 heteroatoms. The van der Waals surface area contributed by atoms with Crippen molar-refractivity contribution in [3.63, 3.8) is 0 Å². The summed E-state index contributed by atoms with van der Waals surface area (Å²) in [6.07, 6.45) is 9.46. The van der Waals surface area contributed by atoms with Crippen LogP contribution in [0.3, 0.4) is 0 Å². The highest BCUT2D eigenvalue weighted by Gasteiger charge is 2.23. The molecule has 0 aliphatic heterocycles. The van der Waals surface area contributed by atoms with E-state index in [9.17, 15) is 4.79 Å². The average Bonchev–Trinajstić information content (AvgIpc) is 2.50. The normalized spacial score (nSPS) is 17.9. The van der Waals surface area contributed by atoms with Gasteiger partial charge in [0.15, 0.2) is 0 Å². The van der Waals surface area contributed by atoms with Crippen LogP contribution >= 0.6 is 15.9 Å². The van der Waals surface area contributed by atoms with E-state index < -0.39 is 0 Å². The van der Waals surface area contributed by atoms with Gasteiger partial charge in [0, 0.05) is 12.6 Å². The van der Waals surface area contributed by atoms with Gasteiger partial charge < -0.3 is 5.32 Å². The third-order valence-corrected chi connectivity index (χ3v) is 5.05. The molecule has 1 atom stereocenters. The molecular formula is C15H24BrN3O. The van der Waals surface area contributed by atoms with E-state index in [2.05, 4.69) is 33.3 Å². The molecule has 1 saturated carbocycles. The van der Waals surface area contributed by atoms with E-state index >= 15 is 0 Å². The Hall–Kier alpha value is -0.840. The maximum Gasteiger partial charge on any atom is 0.283 e. The predicted molar refractivity (Wildman–Crippen MR) is 86.1 cm³/mol. The van der Waals surface area contributed by atoms with Gasteiger partial charge in [-0.15, -0.1) is 0 Å². The number of hydrogen-bond donors (Lipinski definition) is 1. The van der Waals surface area contributed by atoms with E-state index in [1.54, 1.807) is 6.20 Å². The molecule has 20 heavy (non-hydrogen) atoms. The van der Waals surface area contributed by atoms with Crippen molar-refractivity contribution < 1.29 is 0 Å². The molecule has 1 aromatic rings. The lowest BCUT2D eigenvalue weighted by molar-refractivity contribution is 0.313. The zero-order valence-corrected chi connectivity index (χ0v) is 13.9. The van der Waals surface area contributed by atoms with Gasteiger partial charge in [-0.05, 0) is 48.0 Å². The molecule has 0 spiro atoms. The molecule has 1 unspecified atom stereocenters. The lowest BCUT2D eigenvalue weighted by Crippen LogP contribution is -2.32. The molecule has 1 aliphatic carbocycles. The standard InChI is InChI=1S/C15H24BrN3O/c1-3-12(11-8-6-5-7-9-11)18-13-10-17-19(4-2)15(20)14(13)16/h10-12,18H,3-9H2,1-2H3. The minimum atomic E-state index is -0.0593. The number of nitrogens with zero attached hydrogens (tertiary/aromatic N) is 2. The zero-order valence-electron chi connectivity index (χ0n) is 12.4. The van der Waals surface area contributed by atoms with Crippen molar-refractivity contribution >= 4 is 21.6 Å². The predicted octanol–water partition coefficient (Wildman–Crippen LogP) is 3.80. The molecule has 0 aromatic carbocycles. The monoisotopic (exact) mass is 341 g/mol. The lowest BCUT2D eigenvalue weighted by atomic mass is 9.83. The Kier molecular flexibility index (Phi) is 5.64. The van der Waals surface area contributed by atoms with Crippen LogP contribution < -0.4 is 10.9 Å². The number of rotatable bonds is 5. The summed E-state index contributed by atoms with van der Waals surface area (Å²) in [7, 11) is 0. The molecule has 112 valence electrons. The second-order valence-electron chi connectivity index (χ2n) is 5.55. The molecule has 1 aliphatic rings. The molecule has 1 aromatic heterocycles. The third kappa shape index (κ3) is 3.43. The highest BCUT2D eigenvalue weighted by atomic mass is 79.9. The number of hydrogen-bond acceptors (Lipinski definition) is 3. The summed E-state index contributed by atoms with van der Waals surface area (Å²) in [6, 6.07) is 0.435. The van der Waals surface area contributed by atoms with E-state index in [0.29, 0.717) is 23.0 Å². The van der Waals surface area contributed by atoms with E-state index in [0.717, 1.165) is 12.1 Å². The van der Waals surface area contributed by atoms with Crippen LogP contribution in [0.15, 0.2) is 15.5 Å². The molecule has 0 bridgehead atoms. The largest absolute Gasteiger partial charge is 0.380 e. The van der Waals surface area contributed by atoms with Crippen molar-refractivity contribution in [2.45, 2.75) is 65.0 Å². The molecule has 1 heterocycles. The highest BCUT2D eigenvalue weighted by Crippen LogP contribution is 2.30. The topological polar surface area (TPSA) is 46.9 Å². The molecule has 4 nitrogen and oxygen atoms in total. The van der Waals surface area contributed by atoms with E-state index in [-0.39, 0.29) is 5.56 Å². The van der Waals surface area contributed by atoms with Crippen LogP contribution in [0.5, 0.6) is 0 Å². The molecule has 1 N–H and O–H groups in total. The molecule has 0 saturated heterocycles. The Labute approximate surface area is 129 Å². The fourth-order valence-corrected chi connectivity index (χ4v) is 3.50. The van der Waals surface area contributed by atoms with Crippen LogP contribution in [-0.2, 0) is 6.54 Å². The first-order valence-electron chi connectivity index (χ1n) is 7.69. The van der Waals surface area contributed by atoms with Gasteiger partial charge in [-0.25, -0.2) is 4.68 Å². The fraction of sp³-hybridized carbons (Fsp3) is 0.733. The number of halogens is 1. The Bertz CT molecular complexity index is 494.